The van der Waals surface area contributed by atoms with E-state index in [4.69, 9.17) is 4.74 Å². The maximum Gasteiger partial charge on any atom is 0.339 e. The third-order valence-electron chi connectivity index (χ3n) is 6.05. The third kappa shape index (κ3) is 3.27. The Bertz CT molecular complexity index is 1170. The molecule has 1 aliphatic carbocycles. The average Bonchev–Trinajstić information content (AvgIpc) is 3.34. The first-order chi connectivity index (χ1) is 14.9. The molecule has 2 aromatic heterocycles. The van der Waals surface area contributed by atoms with E-state index in [0.717, 1.165) is 0 Å². The van der Waals surface area contributed by atoms with Gasteiger partial charge in [0.25, 0.3) is 5.91 Å². The summed E-state index contributed by atoms with van der Waals surface area (Å²) in [6.45, 7) is 0. The van der Waals surface area contributed by atoms with Gasteiger partial charge in [0.2, 0.25) is 0 Å². The molecular weight excluding hydrogens is 403 g/mol. The number of nitrogens with one attached hydrogen (secondary N) is 1. The first kappa shape index (κ1) is 19.4. The second-order valence-corrected chi connectivity index (χ2v) is 7.91. The fourth-order valence-electron chi connectivity index (χ4n) is 4.25. The van der Waals surface area contributed by atoms with E-state index in [1.165, 1.54) is 23.0 Å². The number of benzene rings is 1. The second-order valence-electron chi connectivity index (χ2n) is 7.91. The normalized spacial score (nSPS) is 24.6. The van der Waals surface area contributed by atoms with E-state index in [1.807, 2.05) is 0 Å². The first-order valence-electron chi connectivity index (χ1n) is 9.92. The lowest BCUT2D eigenvalue weighted by Crippen LogP contribution is -2.49. The number of esters is 1. The molecule has 1 aliphatic heterocycles. The van der Waals surface area contributed by atoms with Gasteiger partial charge in [0, 0.05) is 30.2 Å². The van der Waals surface area contributed by atoms with Gasteiger partial charge in [0.15, 0.2) is 5.82 Å². The Labute approximate surface area is 176 Å². The molecule has 2 N–H and O–H groups in total. The van der Waals surface area contributed by atoms with Gasteiger partial charge in [0.05, 0.1) is 11.3 Å². The molecule has 1 amide bonds. The van der Waals surface area contributed by atoms with Crippen molar-refractivity contribution in [3.8, 4) is 5.69 Å². The van der Waals surface area contributed by atoms with Crippen LogP contribution >= 0.6 is 0 Å². The molecule has 1 saturated carbocycles. The van der Waals surface area contributed by atoms with Crippen LogP contribution in [-0.4, -0.2) is 37.3 Å². The number of halogens is 1. The number of rotatable bonds is 3. The molecule has 0 atom stereocenters. The minimum atomic E-state index is -1.61. The van der Waals surface area contributed by atoms with Gasteiger partial charge in [-0.05, 0) is 56.0 Å². The van der Waals surface area contributed by atoms with Crippen LogP contribution in [0.4, 0.5) is 10.2 Å². The Morgan fingerprint density at radius 1 is 1.13 bits per heavy atom. The number of hydrogen-bond acceptors (Lipinski definition) is 6. The van der Waals surface area contributed by atoms with Crippen LogP contribution in [0.1, 0.15) is 41.6 Å². The van der Waals surface area contributed by atoms with E-state index >= 15 is 0 Å². The van der Waals surface area contributed by atoms with Crippen LogP contribution in [0, 0.1) is 5.82 Å². The zero-order chi connectivity index (χ0) is 21.6. The van der Waals surface area contributed by atoms with E-state index in [1.54, 1.807) is 36.7 Å². The Hall–Kier alpha value is -3.59. The minimum absolute atomic E-state index is 0.124. The molecule has 3 heterocycles. The smallest absolute Gasteiger partial charge is 0.339 e. The van der Waals surface area contributed by atoms with Crippen LogP contribution in [0.15, 0.2) is 55.0 Å². The zero-order valence-electron chi connectivity index (χ0n) is 16.4. The summed E-state index contributed by atoms with van der Waals surface area (Å²) in [7, 11) is 0. The number of fused-ring (bicyclic) bond motifs is 2. The van der Waals surface area contributed by atoms with Gasteiger partial charge in [-0.2, -0.15) is 5.10 Å². The Morgan fingerprint density at radius 3 is 2.61 bits per heavy atom. The van der Waals surface area contributed by atoms with E-state index in [9.17, 15) is 19.1 Å². The topological polar surface area (TPSA) is 106 Å². The van der Waals surface area contributed by atoms with Crippen LogP contribution < -0.4 is 5.32 Å². The maximum absolute atomic E-state index is 13.1. The molecular formula is C22H19FN4O4. The van der Waals surface area contributed by atoms with Crippen molar-refractivity contribution < 1.29 is 23.8 Å². The molecule has 5 rings (SSSR count). The van der Waals surface area contributed by atoms with Crippen molar-refractivity contribution >= 4 is 17.7 Å². The second kappa shape index (κ2) is 6.98. The molecule has 158 valence electrons. The summed E-state index contributed by atoms with van der Waals surface area (Å²) in [5, 5.41) is 17.9. The van der Waals surface area contributed by atoms with Gasteiger partial charge in [-0.25, -0.2) is 13.9 Å². The van der Waals surface area contributed by atoms with Crippen molar-refractivity contribution in [3.05, 3.63) is 71.9 Å². The molecule has 9 heteroatoms. The average molecular weight is 422 g/mol. The molecule has 3 aromatic rings. The summed E-state index contributed by atoms with van der Waals surface area (Å²) in [5.41, 5.74) is -0.633. The molecule has 1 aromatic carbocycles. The number of nitrogens with zero attached hydrogens (tertiary/aromatic N) is 3. The van der Waals surface area contributed by atoms with Crippen molar-refractivity contribution in [3.63, 3.8) is 0 Å². The van der Waals surface area contributed by atoms with Gasteiger partial charge < -0.3 is 15.2 Å². The van der Waals surface area contributed by atoms with E-state index in [-0.39, 0.29) is 24.5 Å². The number of pyridine rings is 1. The molecule has 2 aliphatic rings. The number of anilines is 1. The lowest BCUT2D eigenvalue weighted by Gasteiger charge is -2.40. The van der Waals surface area contributed by atoms with Crippen LogP contribution in [-0.2, 0) is 15.1 Å². The molecule has 1 fully saturated rings. The molecule has 31 heavy (non-hydrogen) atoms. The highest BCUT2D eigenvalue weighted by atomic mass is 19.1. The van der Waals surface area contributed by atoms with Gasteiger partial charge in [0.1, 0.15) is 17.0 Å². The number of aromatic nitrogens is 3. The summed E-state index contributed by atoms with van der Waals surface area (Å²) in [4.78, 5) is 29.1. The monoisotopic (exact) mass is 422 g/mol. The fraction of sp³-hybridized carbons (Fsp3) is 0.273. The van der Waals surface area contributed by atoms with Gasteiger partial charge in [-0.15, -0.1) is 0 Å². The Morgan fingerprint density at radius 2 is 1.87 bits per heavy atom. The molecule has 0 bridgehead atoms. The third-order valence-corrected chi connectivity index (χ3v) is 6.05. The quantitative estimate of drug-likeness (QED) is 0.629. The molecule has 0 saturated heterocycles. The maximum atomic E-state index is 13.1. The van der Waals surface area contributed by atoms with Crippen molar-refractivity contribution in [1.82, 2.24) is 14.8 Å². The number of hydrogen-bond donors (Lipinski definition) is 2. The number of amides is 1. The summed E-state index contributed by atoms with van der Waals surface area (Å²) < 4.78 is 20.2. The van der Waals surface area contributed by atoms with Crippen LogP contribution in [0.25, 0.3) is 5.69 Å². The van der Waals surface area contributed by atoms with Crippen molar-refractivity contribution in [1.29, 1.82) is 0 Å². The lowest BCUT2D eigenvalue weighted by molar-refractivity contribution is -0.144. The van der Waals surface area contributed by atoms with E-state index in [2.05, 4.69) is 15.4 Å². The molecule has 1 spiro atoms. The SMILES string of the molecule is O=C1O[C@]2(CC[C@](O)(C(=O)Nc3ccn(-c4ccc(F)cc4)n3)CC2)c2cnccc21. The van der Waals surface area contributed by atoms with Crippen LogP contribution in [0.2, 0.25) is 0 Å². The van der Waals surface area contributed by atoms with Crippen molar-refractivity contribution in [2.45, 2.75) is 36.9 Å². The fourth-order valence-corrected chi connectivity index (χ4v) is 4.25. The predicted octanol–water partition coefficient (Wildman–Crippen LogP) is 2.72. The summed E-state index contributed by atoms with van der Waals surface area (Å²) >= 11 is 0. The summed E-state index contributed by atoms with van der Waals surface area (Å²) in [5.74, 6) is -1.06. The van der Waals surface area contributed by atoms with Crippen molar-refractivity contribution in [2.75, 3.05) is 5.32 Å². The highest BCUT2D eigenvalue weighted by molar-refractivity contribution is 5.97. The number of carbonyl (C=O) groups is 2. The van der Waals surface area contributed by atoms with Crippen LogP contribution in [0.5, 0.6) is 0 Å². The largest absolute Gasteiger partial charge is 0.450 e. The van der Waals surface area contributed by atoms with Gasteiger partial charge >= 0.3 is 5.97 Å². The molecule has 0 radical (unpaired) electrons. The Kier molecular flexibility index (Phi) is 4.37. The summed E-state index contributed by atoms with van der Waals surface area (Å²) in [6, 6.07) is 8.99. The first-order valence-corrected chi connectivity index (χ1v) is 9.92. The number of carbonyl (C=O) groups excluding carboxylic acids is 2. The van der Waals surface area contributed by atoms with E-state index in [0.29, 0.717) is 29.7 Å². The number of aliphatic hydroxyl groups is 1. The summed E-state index contributed by atoms with van der Waals surface area (Å²) in [6.07, 6.45) is 5.66. The van der Waals surface area contributed by atoms with Gasteiger partial charge in [-0.1, -0.05) is 0 Å². The standard InChI is InChI=1S/C22H19FN4O4/c23-14-1-3-15(4-2-14)27-12-6-18(26-27)25-20(29)21(30)7-9-22(10-8-21)17-13-24-11-5-16(17)19(28)31-22/h1-6,11-13,30H,7-10H2,(H,25,26,29)/t21-,22+. The Balaban J connectivity index is 1.28. The number of ether oxygens (including phenoxy) is 1. The molecule has 8 nitrogen and oxygen atoms in total. The lowest BCUT2D eigenvalue weighted by atomic mass is 9.73. The predicted molar refractivity (Wildman–Crippen MR) is 107 cm³/mol. The van der Waals surface area contributed by atoms with Crippen molar-refractivity contribution in [2.24, 2.45) is 0 Å². The highest BCUT2D eigenvalue weighted by Crippen LogP contribution is 2.49. The van der Waals surface area contributed by atoms with Gasteiger partial charge in [-0.3, -0.25) is 9.78 Å². The highest BCUT2D eigenvalue weighted by Gasteiger charge is 2.53. The molecule has 0 unspecified atom stereocenters. The minimum Gasteiger partial charge on any atom is -0.450 e. The van der Waals surface area contributed by atoms with Crippen LogP contribution in [0.3, 0.4) is 0 Å². The van der Waals surface area contributed by atoms with E-state index < -0.39 is 23.1 Å². The zero-order valence-corrected chi connectivity index (χ0v) is 16.4.